The highest BCUT2D eigenvalue weighted by Gasteiger charge is 2.07. The first-order chi connectivity index (χ1) is 9.79. The van der Waals surface area contributed by atoms with Gasteiger partial charge in [-0.3, -0.25) is 0 Å². The summed E-state index contributed by atoms with van der Waals surface area (Å²) in [7, 11) is 3.13. The summed E-state index contributed by atoms with van der Waals surface area (Å²) in [6.45, 7) is 3.35. The van der Waals surface area contributed by atoms with Crippen LogP contribution in [0.4, 0.5) is 4.39 Å². The van der Waals surface area contributed by atoms with Crippen molar-refractivity contribution < 1.29 is 18.6 Å². The van der Waals surface area contributed by atoms with Gasteiger partial charge in [0.2, 0.25) is 0 Å². The molecule has 1 rings (SSSR count). The van der Waals surface area contributed by atoms with Crippen molar-refractivity contribution >= 4 is 0 Å². The van der Waals surface area contributed by atoms with Crippen molar-refractivity contribution in [2.75, 3.05) is 40.6 Å². The highest BCUT2D eigenvalue weighted by molar-refractivity contribution is 5.30. The lowest BCUT2D eigenvalue weighted by Crippen LogP contribution is -2.16. The second-order valence-corrected chi connectivity index (χ2v) is 4.42. The minimum atomic E-state index is -0.287. The predicted molar refractivity (Wildman–Crippen MR) is 76.6 cm³/mol. The molecule has 1 N–H and O–H groups in total. The molecule has 0 fully saturated rings. The third-order valence-corrected chi connectivity index (χ3v) is 2.90. The second-order valence-electron chi connectivity index (χ2n) is 4.42. The van der Waals surface area contributed by atoms with E-state index in [1.807, 2.05) is 0 Å². The molecule has 0 saturated heterocycles. The summed E-state index contributed by atoms with van der Waals surface area (Å²) in [6.07, 6.45) is 1.98. The third-order valence-electron chi connectivity index (χ3n) is 2.90. The van der Waals surface area contributed by atoms with E-state index in [1.54, 1.807) is 25.3 Å². The number of ether oxygens (including phenoxy) is 3. The van der Waals surface area contributed by atoms with E-state index in [9.17, 15) is 4.39 Å². The summed E-state index contributed by atoms with van der Waals surface area (Å²) in [5.41, 5.74) is 0.626. The van der Waals surface area contributed by atoms with Crippen LogP contribution in [0.1, 0.15) is 18.4 Å². The smallest absolute Gasteiger partial charge is 0.169 e. The van der Waals surface area contributed by atoms with E-state index >= 15 is 0 Å². The molecule has 0 atom stereocenters. The van der Waals surface area contributed by atoms with Crippen LogP contribution in [-0.2, 0) is 16.0 Å². The van der Waals surface area contributed by atoms with Crippen LogP contribution in [0.3, 0.4) is 0 Å². The van der Waals surface area contributed by atoms with Crippen LogP contribution in [0.5, 0.6) is 5.75 Å². The first-order valence-electron chi connectivity index (χ1n) is 6.88. The lowest BCUT2D eigenvalue weighted by Gasteiger charge is -2.09. The summed E-state index contributed by atoms with van der Waals surface area (Å²) in [6, 6.07) is 5.18. The average Bonchev–Trinajstić information content (AvgIpc) is 2.47. The molecule has 1 aromatic carbocycles. The fourth-order valence-electron chi connectivity index (χ4n) is 1.77. The zero-order valence-corrected chi connectivity index (χ0v) is 12.3. The Kier molecular flexibility index (Phi) is 8.95. The number of unbranched alkanes of at least 4 members (excludes halogenated alkanes) is 1. The van der Waals surface area contributed by atoms with Crippen LogP contribution in [0.2, 0.25) is 0 Å². The van der Waals surface area contributed by atoms with Crippen LogP contribution >= 0.6 is 0 Å². The molecule has 0 heterocycles. The molecule has 0 amide bonds. The number of benzene rings is 1. The van der Waals surface area contributed by atoms with Crippen molar-refractivity contribution in [1.29, 1.82) is 0 Å². The van der Waals surface area contributed by atoms with Crippen molar-refractivity contribution in [3.8, 4) is 5.75 Å². The van der Waals surface area contributed by atoms with Crippen molar-refractivity contribution in [1.82, 2.24) is 5.32 Å². The molecule has 4 nitrogen and oxygen atoms in total. The first-order valence-corrected chi connectivity index (χ1v) is 6.88. The van der Waals surface area contributed by atoms with Gasteiger partial charge in [0.1, 0.15) is 0 Å². The van der Waals surface area contributed by atoms with Gasteiger partial charge in [-0.2, -0.15) is 0 Å². The van der Waals surface area contributed by atoms with Gasteiger partial charge in [-0.25, -0.2) is 4.39 Å². The van der Waals surface area contributed by atoms with Gasteiger partial charge in [0, 0.05) is 25.8 Å². The quantitative estimate of drug-likeness (QED) is 0.634. The van der Waals surface area contributed by atoms with Gasteiger partial charge in [-0.15, -0.1) is 0 Å². The van der Waals surface area contributed by atoms with Crippen LogP contribution in [0.25, 0.3) is 0 Å². The van der Waals surface area contributed by atoms with Gasteiger partial charge in [-0.1, -0.05) is 12.1 Å². The summed E-state index contributed by atoms with van der Waals surface area (Å²) in [4.78, 5) is 0. The molecule has 0 radical (unpaired) electrons. The monoisotopic (exact) mass is 285 g/mol. The van der Waals surface area contributed by atoms with Crippen LogP contribution in [0, 0.1) is 5.82 Å². The molecule has 20 heavy (non-hydrogen) atoms. The van der Waals surface area contributed by atoms with Crippen molar-refractivity contribution in [3.05, 3.63) is 29.6 Å². The molecule has 0 bridgehead atoms. The molecule has 5 heteroatoms. The maximum atomic E-state index is 13.8. The third kappa shape index (κ3) is 6.32. The Morgan fingerprint density at radius 1 is 1.10 bits per heavy atom. The Labute approximate surface area is 120 Å². The van der Waals surface area contributed by atoms with E-state index in [4.69, 9.17) is 14.2 Å². The zero-order valence-electron chi connectivity index (χ0n) is 12.3. The Hall–Kier alpha value is -1.17. The van der Waals surface area contributed by atoms with Gasteiger partial charge in [-0.05, 0) is 25.5 Å². The van der Waals surface area contributed by atoms with Crippen molar-refractivity contribution in [2.45, 2.75) is 19.4 Å². The minimum Gasteiger partial charge on any atom is -0.494 e. The maximum Gasteiger partial charge on any atom is 0.169 e. The van der Waals surface area contributed by atoms with E-state index in [2.05, 4.69) is 5.32 Å². The fourth-order valence-corrected chi connectivity index (χ4v) is 1.77. The lowest BCUT2D eigenvalue weighted by molar-refractivity contribution is 0.0688. The summed E-state index contributed by atoms with van der Waals surface area (Å²) in [5, 5.41) is 3.22. The fraction of sp³-hybridized carbons (Fsp3) is 0.600. The van der Waals surface area contributed by atoms with Gasteiger partial charge >= 0.3 is 0 Å². The molecule has 0 spiro atoms. The van der Waals surface area contributed by atoms with Crippen LogP contribution < -0.4 is 10.1 Å². The highest BCUT2D eigenvalue weighted by Crippen LogP contribution is 2.19. The zero-order chi connectivity index (χ0) is 14.6. The highest BCUT2D eigenvalue weighted by atomic mass is 19.1. The number of rotatable bonds is 11. The van der Waals surface area contributed by atoms with Crippen molar-refractivity contribution in [3.63, 3.8) is 0 Å². The van der Waals surface area contributed by atoms with Gasteiger partial charge in [0.05, 0.1) is 20.3 Å². The molecular formula is C15H24FNO3. The number of methoxy groups -OCH3 is 2. The van der Waals surface area contributed by atoms with E-state index < -0.39 is 0 Å². The van der Waals surface area contributed by atoms with E-state index in [-0.39, 0.29) is 11.6 Å². The summed E-state index contributed by atoms with van der Waals surface area (Å²) >= 11 is 0. The number of nitrogens with one attached hydrogen (secondary N) is 1. The minimum absolute atomic E-state index is 0.287. The molecule has 114 valence electrons. The first kappa shape index (κ1) is 16.9. The molecule has 0 aromatic heterocycles. The van der Waals surface area contributed by atoms with Gasteiger partial charge in [0.15, 0.2) is 11.6 Å². The van der Waals surface area contributed by atoms with Gasteiger partial charge < -0.3 is 19.5 Å². The maximum absolute atomic E-state index is 13.8. The predicted octanol–water partition coefficient (Wildman–Crippen LogP) is 2.37. The standard InChI is InChI=1S/C15H24FNO3/c1-18-10-11-20-9-4-3-8-17-12-13-6-5-7-14(19-2)15(13)16/h5-7,17H,3-4,8-12H2,1-2H3. The number of hydrogen-bond acceptors (Lipinski definition) is 4. The number of hydrogen-bond donors (Lipinski definition) is 1. The second kappa shape index (κ2) is 10.6. The molecule has 0 aliphatic heterocycles. The molecule has 0 aliphatic rings. The van der Waals surface area contributed by atoms with Crippen LogP contribution in [-0.4, -0.2) is 40.6 Å². The molecule has 0 unspecified atom stereocenters. The van der Waals surface area contributed by atoms with Gasteiger partial charge in [0.25, 0.3) is 0 Å². The Balaban J connectivity index is 2.09. The normalized spacial score (nSPS) is 10.8. The largest absolute Gasteiger partial charge is 0.494 e. The van der Waals surface area contributed by atoms with Crippen LogP contribution in [0.15, 0.2) is 18.2 Å². The Morgan fingerprint density at radius 3 is 2.70 bits per heavy atom. The molecule has 1 aromatic rings. The summed E-state index contributed by atoms with van der Waals surface area (Å²) in [5.74, 6) is 0.00115. The van der Waals surface area contributed by atoms with E-state index in [0.717, 1.165) is 26.0 Å². The molecule has 0 aliphatic carbocycles. The SMILES string of the molecule is COCCOCCCCNCc1cccc(OC)c1F. The number of halogens is 1. The molecule has 0 saturated carbocycles. The lowest BCUT2D eigenvalue weighted by atomic mass is 10.2. The Bertz CT molecular complexity index is 374. The average molecular weight is 285 g/mol. The summed E-state index contributed by atoms with van der Waals surface area (Å²) < 4.78 is 29.0. The van der Waals surface area contributed by atoms with E-state index in [1.165, 1.54) is 7.11 Å². The topological polar surface area (TPSA) is 39.7 Å². The molecular weight excluding hydrogens is 261 g/mol. The Morgan fingerprint density at radius 2 is 1.95 bits per heavy atom. The van der Waals surface area contributed by atoms with E-state index in [0.29, 0.717) is 25.3 Å². The van der Waals surface area contributed by atoms with Crippen molar-refractivity contribution in [2.24, 2.45) is 0 Å².